The Morgan fingerprint density at radius 1 is 1.34 bits per heavy atom. The first-order chi connectivity index (χ1) is 15.1. The molecule has 8 heteroatoms. The topological polar surface area (TPSA) is 101 Å². The van der Waals surface area contributed by atoms with Crippen molar-refractivity contribution in [2.45, 2.75) is 76.7 Å². The molecule has 32 heavy (non-hydrogen) atoms. The molecular weight excluding hydrogens is 439 g/mol. The Morgan fingerprint density at radius 3 is 2.69 bits per heavy atom. The Hall–Kier alpha value is -1.31. The Balaban J connectivity index is 1.80. The summed E-state index contributed by atoms with van der Waals surface area (Å²) >= 11 is 5.95. The minimum absolute atomic E-state index is 0.106. The molecule has 0 unspecified atom stereocenters. The molecule has 0 amide bonds. The molecule has 0 heterocycles. The number of hydrogen-bond acceptors (Lipinski definition) is 6. The fraction of sp³-hybridized carbons (Fsp3) is 0.792. The highest BCUT2D eigenvalue weighted by molar-refractivity contribution is 6.29. The highest BCUT2D eigenvalue weighted by Crippen LogP contribution is 2.68. The molecule has 0 spiro atoms. The fourth-order valence-electron chi connectivity index (χ4n) is 7.79. The quantitative estimate of drug-likeness (QED) is 0.473. The molecule has 4 aliphatic rings. The third-order valence-corrected chi connectivity index (χ3v) is 9.41. The second-order valence-corrected chi connectivity index (χ2v) is 10.6. The van der Waals surface area contributed by atoms with E-state index in [-0.39, 0.29) is 68.0 Å². The van der Waals surface area contributed by atoms with Crippen molar-refractivity contribution >= 4 is 29.1 Å². The van der Waals surface area contributed by atoms with E-state index in [9.17, 15) is 24.6 Å². The summed E-state index contributed by atoms with van der Waals surface area (Å²) in [7, 11) is 0. The molecule has 0 bridgehead atoms. The van der Waals surface area contributed by atoms with Gasteiger partial charge < -0.3 is 14.9 Å². The molecule has 0 aromatic carbocycles. The summed E-state index contributed by atoms with van der Waals surface area (Å²) in [6.45, 7) is 3.16. The molecule has 3 fully saturated rings. The van der Waals surface area contributed by atoms with Gasteiger partial charge in [0.15, 0.2) is 17.2 Å². The summed E-state index contributed by atoms with van der Waals surface area (Å²) < 4.78 is 21.3. The number of aliphatic hydroxyl groups is 2. The van der Waals surface area contributed by atoms with Crippen LogP contribution in [0.2, 0.25) is 0 Å². The molecule has 4 aliphatic carbocycles. The summed E-state index contributed by atoms with van der Waals surface area (Å²) in [6, 6.07) is 0. The number of rotatable bonds is 5. The molecule has 0 aromatic heterocycles. The SMILES string of the molecule is CCC(=O)O[C@]1(C(=O)CCl)CC[C@H]2[C@@H]3C[C@@H](F)C4=CC(=O)CC[C@]4(CO)[C@H]3[C@@H](O)C[C@@]21C. The van der Waals surface area contributed by atoms with Crippen LogP contribution in [0.4, 0.5) is 4.39 Å². The first-order valence-electron chi connectivity index (χ1n) is 11.6. The third-order valence-electron chi connectivity index (χ3n) is 9.17. The van der Waals surface area contributed by atoms with Gasteiger partial charge in [0.1, 0.15) is 6.17 Å². The van der Waals surface area contributed by atoms with Gasteiger partial charge in [-0.25, -0.2) is 4.39 Å². The molecule has 178 valence electrons. The number of carbonyl (C=O) groups excluding carboxylic acids is 3. The van der Waals surface area contributed by atoms with Crippen LogP contribution in [0.15, 0.2) is 11.6 Å². The van der Waals surface area contributed by atoms with Gasteiger partial charge in [0.05, 0.1) is 18.6 Å². The molecule has 3 saturated carbocycles. The van der Waals surface area contributed by atoms with E-state index in [1.54, 1.807) is 6.92 Å². The van der Waals surface area contributed by atoms with Crippen molar-refractivity contribution in [1.29, 1.82) is 0 Å². The molecule has 0 aromatic rings. The maximum atomic E-state index is 15.5. The highest BCUT2D eigenvalue weighted by atomic mass is 35.5. The van der Waals surface area contributed by atoms with Crippen LogP contribution in [0.3, 0.4) is 0 Å². The van der Waals surface area contributed by atoms with E-state index in [0.717, 1.165) is 0 Å². The predicted molar refractivity (Wildman–Crippen MR) is 115 cm³/mol. The number of hydrogen-bond donors (Lipinski definition) is 2. The minimum atomic E-state index is -1.45. The van der Waals surface area contributed by atoms with E-state index in [4.69, 9.17) is 16.3 Å². The number of fused-ring (bicyclic) bond motifs is 5. The summed E-state index contributed by atoms with van der Waals surface area (Å²) in [5, 5.41) is 21.9. The fourth-order valence-corrected chi connectivity index (χ4v) is 8.01. The van der Waals surface area contributed by atoms with E-state index in [1.807, 2.05) is 6.92 Å². The monoisotopic (exact) mass is 470 g/mol. The normalized spacial score (nSPS) is 45.4. The standard InChI is InChI=1S/C24H32ClFO6/c1-3-20(31)32-24(19(30)11-25)7-5-15-14-9-17(26)16-8-13(28)4-6-23(16,12-27)21(14)18(29)10-22(15,24)2/h8,14-15,17-18,21,27,29H,3-7,9-12H2,1-2H3/t14-,15-,17+,18-,21+,22-,23+,24-/m0/s1. The number of ketones is 2. The zero-order valence-corrected chi connectivity index (χ0v) is 19.4. The third kappa shape index (κ3) is 3.07. The highest BCUT2D eigenvalue weighted by Gasteiger charge is 2.71. The summed E-state index contributed by atoms with van der Waals surface area (Å²) in [6.07, 6.45) is 0.701. The van der Waals surface area contributed by atoms with Crippen molar-refractivity contribution < 1.29 is 33.7 Å². The smallest absolute Gasteiger partial charge is 0.306 e. The lowest BCUT2D eigenvalue weighted by atomic mass is 9.44. The van der Waals surface area contributed by atoms with Gasteiger partial charge in [-0.1, -0.05) is 13.8 Å². The van der Waals surface area contributed by atoms with Gasteiger partial charge in [0.2, 0.25) is 0 Å². The minimum Gasteiger partial charge on any atom is -0.450 e. The maximum Gasteiger partial charge on any atom is 0.306 e. The van der Waals surface area contributed by atoms with Crippen molar-refractivity contribution in [2.75, 3.05) is 12.5 Å². The van der Waals surface area contributed by atoms with Crippen molar-refractivity contribution in [3.63, 3.8) is 0 Å². The average molecular weight is 471 g/mol. The van der Waals surface area contributed by atoms with Crippen LogP contribution >= 0.6 is 11.6 Å². The lowest BCUT2D eigenvalue weighted by Crippen LogP contribution is -2.65. The summed E-state index contributed by atoms with van der Waals surface area (Å²) in [4.78, 5) is 37.5. The zero-order valence-electron chi connectivity index (χ0n) is 18.6. The van der Waals surface area contributed by atoms with Gasteiger partial charge in [0, 0.05) is 23.7 Å². The van der Waals surface area contributed by atoms with E-state index in [2.05, 4.69) is 0 Å². The van der Waals surface area contributed by atoms with Crippen molar-refractivity contribution in [3.05, 3.63) is 11.6 Å². The molecule has 6 nitrogen and oxygen atoms in total. The lowest BCUT2D eigenvalue weighted by Gasteiger charge is -2.61. The molecule has 0 aliphatic heterocycles. The van der Waals surface area contributed by atoms with E-state index in [1.165, 1.54) is 6.08 Å². The molecule has 2 N–H and O–H groups in total. The van der Waals surface area contributed by atoms with E-state index < -0.39 is 40.6 Å². The van der Waals surface area contributed by atoms with Crippen LogP contribution in [-0.2, 0) is 19.1 Å². The van der Waals surface area contributed by atoms with Crippen molar-refractivity contribution in [1.82, 2.24) is 0 Å². The van der Waals surface area contributed by atoms with Gasteiger partial charge >= 0.3 is 5.97 Å². The Labute approximate surface area is 192 Å². The van der Waals surface area contributed by atoms with Crippen LogP contribution in [-0.4, -0.2) is 58.1 Å². The van der Waals surface area contributed by atoms with E-state index in [0.29, 0.717) is 18.4 Å². The summed E-state index contributed by atoms with van der Waals surface area (Å²) in [5.41, 5.74) is -3.03. The van der Waals surface area contributed by atoms with Gasteiger partial charge in [-0.15, -0.1) is 11.6 Å². The number of aliphatic hydroxyl groups excluding tert-OH is 2. The Morgan fingerprint density at radius 2 is 2.06 bits per heavy atom. The van der Waals surface area contributed by atoms with Crippen LogP contribution < -0.4 is 0 Å². The number of esters is 1. The van der Waals surface area contributed by atoms with Crippen molar-refractivity contribution in [3.8, 4) is 0 Å². The number of alkyl halides is 2. The number of ether oxygens (including phenoxy) is 1. The van der Waals surface area contributed by atoms with Gasteiger partial charge in [-0.05, 0) is 61.5 Å². The van der Waals surface area contributed by atoms with Crippen LogP contribution in [0, 0.1) is 28.6 Å². The van der Waals surface area contributed by atoms with Gasteiger partial charge in [0.25, 0.3) is 0 Å². The largest absolute Gasteiger partial charge is 0.450 e. The van der Waals surface area contributed by atoms with Crippen molar-refractivity contribution in [2.24, 2.45) is 28.6 Å². The van der Waals surface area contributed by atoms with Crippen LogP contribution in [0.5, 0.6) is 0 Å². The number of halogens is 2. The number of Topliss-reactive ketones (excluding diaryl/α,β-unsaturated/α-hetero) is 1. The second-order valence-electron chi connectivity index (χ2n) is 10.3. The zero-order chi connectivity index (χ0) is 23.5. The average Bonchev–Trinajstić information content (AvgIpc) is 3.05. The molecule has 8 atom stereocenters. The maximum absolute atomic E-state index is 15.5. The lowest BCUT2D eigenvalue weighted by molar-refractivity contribution is -0.204. The molecular formula is C24H32ClFO6. The molecule has 0 radical (unpaired) electrons. The van der Waals surface area contributed by atoms with Gasteiger partial charge in [-0.3, -0.25) is 14.4 Å². The van der Waals surface area contributed by atoms with Crippen LogP contribution in [0.1, 0.15) is 58.8 Å². The molecule has 0 saturated heterocycles. The Bertz CT molecular complexity index is 859. The predicted octanol–water partition coefficient (Wildman–Crippen LogP) is 2.91. The van der Waals surface area contributed by atoms with Crippen LogP contribution in [0.25, 0.3) is 0 Å². The molecule has 4 rings (SSSR count). The Kier molecular flexibility index (Phi) is 6.09. The number of carbonyl (C=O) groups is 3. The first kappa shape index (κ1) is 23.8. The van der Waals surface area contributed by atoms with E-state index >= 15 is 4.39 Å². The second kappa shape index (κ2) is 8.17. The first-order valence-corrected chi connectivity index (χ1v) is 12.1. The van der Waals surface area contributed by atoms with Gasteiger partial charge in [-0.2, -0.15) is 0 Å². The summed E-state index contributed by atoms with van der Waals surface area (Å²) in [5.74, 6) is -2.29.